The molecule has 2 aromatic carbocycles. The second-order valence-corrected chi connectivity index (χ2v) is 7.75. The van der Waals surface area contributed by atoms with Crippen LogP contribution >= 0.6 is 15.9 Å². The van der Waals surface area contributed by atoms with E-state index in [1.54, 1.807) is 11.9 Å². The maximum absolute atomic E-state index is 12.3. The highest BCUT2D eigenvalue weighted by Crippen LogP contribution is 2.21. The standard InChI is InChI=1S/C21H25BrN4O3/c1-25(15-21(28)24-19-5-3-2-4-18(19)22)14-20(27)23-16-6-8-17(9-7-16)26-10-12-29-13-11-26/h2-9H,10-15H2,1H3,(H,23,27)(H,24,28). The number of rotatable bonds is 7. The molecule has 3 rings (SSSR count). The van der Waals surface area contributed by atoms with Crippen molar-refractivity contribution in [3.63, 3.8) is 0 Å². The number of likely N-dealkylation sites (N-methyl/N-ethyl adjacent to an activating group) is 1. The van der Waals surface area contributed by atoms with E-state index in [2.05, 4.69) is 31.5 Å². The van der Waals surface area contributed by atoms with Crippen LogP contribution in [0.15, 0.2) is 53.0 Å². The lowest BCUT2D eigenvalue weighted by Crippen LogP contribution is -2.36. The van der Waals surface area contributed by atoms with Crippen LogP contribution in [0.2, 0.25) is 0 Å². The number of morpholine rings is 1. The zero-order chi connectivity index (χ0) is 20.6. The lowest BCUT2D eigenvalue weighted by Gasteiger charge is -2.28. The van der Waals surface area contributed by atoms with E-state index in [4.69, 9.17) is 4.74 Å². The van der Waals surface area contributed by atoms with Gasteiger partial charge >= 0.3 is 0 Å². The zero-order valence-corrected chi connectivity index (χ0v) is 17.9. The van der Waals surface area contributed by atoms with Crippen LogP contribution < -0.4 is 15.5 Å². The van der Waals surface area contributed by atoms with E-state index in [-0.39, 0.29) is 24.9 Å². The van der Waals surface area contributed by atoms with Crippen LogP contribution in [0.4, 0.5) is 17.1 Å². The SMILES string of the molecule is CN(CC(=O)Nc1ccc(N2CCOCC2)cc1)CC(=O)Nc1ccccc1Br. The summed E-state index contributed by atoms with van der Waals surface area (Å²) in [7, 11) is 1.74. The summed E-state index contributed by atoms with van der Waals surface area (Å²) >= 11 is 3.40. The molecule has 2 amide bonds. The fraction of sp³-hybridized carbons (Fsp3) is 0.333. The molecule has 0 aromatic heterocycles. The van der Waals surface area contributed by atoms with Crippen molar-refractivity contribution in [1.82, 2.24) is 4.90 Å². The summed E-state index contributed by atoms with van der Waals surface area (Å²) in [5.74, 6) is -0.345. The number of benzene rings is 2. The summed E-state index contributed by atoms with van der Waals surface area (Å²) in [6.45, 7) is 3.45. The minimum absolute atomic E-state index is 0.116. The first-order chi connectivity index (χ1) is 14.0. The average Bonchev–Trinajstić information content (AvgIpc) is 2.70. The number of hydrogen-bond donors (Lipinski definition) is 2. The molecule has 0 unspecified atom stereocenters. The van der Waals surface area contributed by atoms with Crippen LogP contribution in [0, 0.1) is 0 Å². The Morgan fingerprint density at radius 1 is 1.00 bits per heavy atom. The summed E-state index contributed by atoms with van der Waals surface area (Å²) < 4.78 is 6.18. The quantitative estimate of drug-likeness (QED) is 0.664. The van der Waals surface area contributed by atoms with E-state index in [0.717, 1.165) is 42.2 Å². The Kier molecular flexibility index (Phi) is 7.62. The highest BCUT2D eigenvalue weighted by Gasteiger charge is 2.13. The second kappa shape index (κ2) is 10.4. The molecule has 7 nitrogen and oxygen atoms in total. The third kappa shape index (κ3) is 6.56. The van der Waals surface area contributed by atoms with Crippen molar-refractivity contribution in [1.29, 1.82) is 0 Å². The Balaban J connectivity index is 1.44. The van der Waals surface area contributed by atoms with E-state index in [1.807, 2.05) is 48.5 Å². The predicted molar refractivity (Wildman–Crippen MR) is 118 cm³/mol. The van der Waals surface area contributed by atoms with Gasteiger partial charge in [0.2, 0.25) is 11.8 Å². The van der Waals surface area contributed by atoms with E-state index in [0.29, 0.717) is 5.69 Å². The summed E-state index contributed by atoms with van der Waals surface area (Å²) in [5.41, 5.74) is 2.56. The smallest absolute Gasteiger partial charge is 0.238 e. The van der Waals surface area contributed by atoms with Gasteiger partial charge in [0.15, 0.2) is 0 Å². The van der Waals surface area contributed by atoms with Crippen molar-refractivity contribution in [3.05, 3.63) is 53.0 Å². The summed E-state index contributed by atoms with van der Waals surface area (Å²) in [5, 5.41) is 5.70. The summed E-state index contributed by atoms with van der Waals surface area (Å²) in [6, 6.07) is 15.2. The second-order valence-electron chi connectivity index (χ2n) is 6.89. The molecule has 2 N–H and O–H groups in total. The number of para-hydroxylation sites is 1. The molecule has 1 fully saturated rings. The minimum atomic E-state index is -0.179. The normalized spacial score (nSPS) is 14.0. The molecule has 0 radical (unpaired) electrons. The van der Waals surface area contributed by atoms with Gasteiger partial charge in [-0.1, -0.05) is 12.1 Å². The molecule has 1 saturated heterocycles. The number of hydrogen-bond acceptors (Lipinski definition) is 5. The van der Waals surface area contributed by atoms with Gasteiger partial charge in [0, 0.05) is 28.9 Å². The largest absolute Gasteiger partial charge is 0.378 e. The molecule has 0 aliphatic carbocycles. The van der Waals surface area contributed by atoms with Gasteiger partial charge in [0.05, 0.1) is 32.0 Å². The molecule has 29 heavy (non-hydrogen) atoms. The van der Waals surface area contributed by atoms with Crippen LogP contribution in [0.25, 0.3) is 0 Å². The molecular formula is C21H25BrN4O3. The molecule has 2 aromatic rings. The van der Waals surface area contributed by atoms with E-state index in [1.165, 1.54) is 0 Å². The fourth-order valence-electron chi connectivity index (χ4n) is 3.08. The number of halogens is 1. The highest BCUT2D eigenvalue weighted by atomic mass is 79.9. The van der Waals surface area contributed by atoms with E-state index < -0.39 is 0 Å². The number of carbonyl (C=O) groups excluding carboxylic acids is 2. The third-order valence-corrected chi connectivity index (χ3v) is 5.19. The molecule has 1 heterocycles. The van der Waals surface area contributed by atoms with Gasteiger partial charge in [0.25, 0.3) is 0 Å². The van der Waals surface area contributed by atoms with Crippen LogP contribution in [-0.4, -0.2) is 63.2 Å². The van der Waals surface area contributed by atoms with E-state index in [9.17, 15) is 9.59 Å². The van der Waals surface area contributed by atoms with Crippen molar-refractivity contribution < 1.29 is 14.3 Å². The average molecular weight is 461 g/mol. The van der Waals surface area contributed by atoms with Crippen molar-refractivity contribution in [2.75, 3.05) is 62.0 Å². The molecular weight excluding hydrogens is 436 g/mol. The minimum Gasteiger partial charge on any atom is -0.378 e. The Morgan fingerprint density at radius 3 is 2.28 bits per heavy atom. The molecule has 1 aliphatic rings. The van der Waals surface area contributed by atoms with Gasteiger partial charge in [-0.05, 0) is 59.4 Å². The first kappa shape index (κ1) is 21.3. The monoisotopic (exact) mass is 460 g/mol. The number of nitrogens with one attached hydrogen (secondary N) is 2. The van der Waals surface area contributed by atoms with Crippen LogP contribution in [-0.2, 0) is 14.3 Å². The maximum atomic E-state index is 12.3. The number of ether oxygens (including phenoxy) is 1. The molecule has 0 spiro atoms. The Labute approximate surface area is 179 Å². The van der Waals surface area contributed by atoms with Gasteiger partial charge in [-0.15, -0.1) is 0 Å². The van der Waals surface area contributed by atoms with Crippen LogP contribution in [0.5, 0.6) is 0 Å². The third-order valence-electron chi connectivity index (χ3n) is 4.50. The Morgan fingerprint density at radius 2 is 1.62 bits per heavy atom. The molecule has 8 heteroatoms. The predicted octanol–water partition coefficient (Wildman–Crippen LogP) is 2.79. The van der Waals surface area contributed by atoms with Gasteiger partial charge in [-0.25, -0.2) is 0 Å². The number of carbonyl (C=O) groups is 2. The van der Waals surface area contributed by atoms with Gasteiger partial charge in [-0.3, -0.25) is 14.5 Å². The Hall–Kier alpha value is -2.42. The molecule has 1 aliphatic heterocycles. The molecule has 0 saturated carbocycles. The van der Waals surface area contributed by atoms with Crippen LogP contribution in [0.1, 0.15) is 0 Å². The summed E-state index contributed by atoms with van der Waals surface area (Å²) in [4.78, 5) is 28.4. The molecule has 154 valence electrons. The van der Waals surface area contributed by atoms with Crippen LogP contribution in [0.3, 0.4) is 0 Å². The first-order valence-corrected chi connectivity index (χ1v) is 10.3. The number of nitrogens with zero attached hydrogens (tertiary/aromatic N) is 2. The highest BCUT2D eigenvalue weighted by molar-refractivity contribution is 9.10. The maximum Gasteiger partial charge on any atom is 0.238 e. The Bertz CT molecular complexity index is 838. The van der Waals surface area contributed by atoms with E-state index >= 15 is 0 Å². The topological polar surface area (TPSA) is 73.9 Å². The first-order valence-electron chi connectivity index (χ1n) is 9.47. The number of anilines is 3. The number of amides is 2. The van der Waals surface area contributed by atoms with Crippen molar-refractivity contribution in [3.8, 4) is 0 Å². The molecule has 0 bridgehead atoms. The lowest BCUT2D eigenvalue weighted by atomic mass is 10.2. The molecule has 0 atom stereocenters. The summed E-state index contributed by atoms with van der Waals surface area (Å²) in [6.07, 6.45) is 0. The van der Waals surface area contributed by atoms with Crippen molar-refractivity contribution in [2.45, 2.75) is 0 Å². The lowest BCUT2D eigenvalue weighted by molar-refractivity contribution is -0.119. The van der Waals surface area contributed by atoms with Crippen molar-refractivity contribution in [2.24, 2.45) is 0 Å². The fourth-order valence-corrected chi connectivity index (χ4v) is 3.46. The van der Waals surface area contributed by atoms with Gasteiger partial charge < -0.3 is 20.3 Å². The van der Waals surface area contributed by atoms with Crippen molar-refractivity contribution >= 4 is 44.8 Å². The zero-order valence-electron chi connectivity index (χ0n) is 16.4. The van der Waals surface area contributed by atoms with Gasteiger partial charge in [0.1, 0.15) is 0 Å². The van der Waals surface area contributed by atoms with Gasteiger partial charge in [-0.2, -0.15) is 0 Å².